The molecule has 2 aliphatic rings. The summed E-state index contributed by atoms with van der Waals surface area (Å²) in [5.41, 5.74) is -2.49. The molecule has 0 spiro atoms. The van der Waals surface area contributed by atoms with Crippen molar-refractivity contribution in [3.63, 3.8) is 0 Å². The number of rotatable bonds is 5. The fraction of sp³-hybridized carbons (Fsp3) is 0.500. The number of aromatic nitrogens is 2. The Hall–Kier alpha value is -3.68. The zero-order valence-corrected chi connectivity index (χ0v) is 23.9. The number of nitrogens with zero attached hydrogens (tertiary/aromatic N) is 4. The number of alkyl carbamates (subject to hydrolysis) is 1. The highest BCUT2D eigenvalue weighted by Gasteiger charge is 2.58. The van der Waals surface area contributed by atoms with Crippen LogP contribution in [0, 0.1) is 5.82 Å². The molecule has 14 heteroatoms. The summed E-state index contributed by atoms with van der Waals surface area (Å²) in [5.74, 6) is -1.21. The van der Waals surface area contributed by atoms with E-state index >= 15 is 4.39 Å². The minimum atomic E-state index is -3.09. The van der Waals surface area contributed by atoms with Crippen molar-refractivity contribution in [1.82, 2.24) is 15.3 Å². The zero-order chi connectivity index (χ0) is 29.5. The van der Waals surface area contributed by atoms with Crippen LogP contribution in [0.1, 0.15) is 64.1 Å². The van der Waals surface area contributed by atoms with Gasteiger partial charge < -0.3 is 14.8 Å². The number of aliphatic imine (C=N–C) groups is 1. The van der Waals surface area contributed by atoms with Gasteiger partial charge in [0.1, 0.15) is 50.5 Å². The second-order valence-electron chi connectivity index (χ2n) is 11.1. The monoisotopic (exact) mass is 578 g/mol. The molecule has 0 bridgehead atoms. The summed E-state index contributed by atoms with van der Waals surface area (Å²) >= 11 is 0. The molecule has 2 aromatic heterocycles. The second kappa shape index (κ2) is 10.4. The van der Waals surface area contributed by atoms with Gasteiger partial charge in [0.05, 0.1) is 21.2 Å². The quantitative estimate of drug-likeness (QED) is 0.537. The van der Waals surface area contributed by atoms with Crippen LogP contribution >= 0.6 is 0 Å². The van der Waals surface area contributed by atoms with E-state index in [-0.39, 0.29) is 35.3 Å². The maximum Gasteiger partial charge on any atom is 0.413 e. The van der Waals surface area contributed by atoms with Crippen molar-refractivity contribution >= 4 is 33.4 Å². The van der Waals surface area contributed by atoms with Crippen molar-refractivity contribution in [2.75, 3.05) is 18.7 Å². The lowest BCUT2D eigenvalue weighted by atomic mass is 9.89. The smallest absolute Gasteiger partial charge is 0.413 e. The number of carbonyl (C=O) groups is 2. The minimum Gasteiger partial charge on any atom is -0.461 e. The summed E-state index contributed by atoms with van der Waals surface area (Å²) < 4.78 is 55.5. The zero-order valence-electron chi connectivity index (χ0n) is 23.1. The van der Waals surface area contributed by atoms with Gasteiger partial charge in [-0.25, -0.2) is 32.1 Å². The highest BCUT2D eigenvalue weighted by Crippen LogP contribution is 2.47. The third-order valence-electron chi connectivity index (χ3n) is 6.71. The molecule has 4 rings (SSSR count). The molecule has 0 unspecified atom stereocenters. The van der Waals surface area contributed by atoms with Crippen molar-refractivity contribution in [3.05, 3.63) is 47.7 Å². The molecule has 0 aliphatic carbocycles. The van der Waals surface area contributed by atoms with Crippen LogP contribution in [0.2, 0.25) is 0 Å². The SMILES string of the molecule is CC(C)(C)OC(=O)NC1=N[C@](C)(c2nc(NC(=O)c3ccc(OCF)cn3)ccc2F)[C@@H]2CCN=[S@]2(=O)C1(C)C. The molecule has 0 fully saturated rings. The Labute approximate surface area is 231 Å². The van der Waals surface area contributed by atoms with Crippen LogP contribution in [0.25, 0.3) is 0 Å². The average Bonchev–Trinajstić information content (AvgIpc) is 3.28. The maximum atomic E-state index is 15.4. The Kier molecular flexibility index (Phi) is 7.60. The van der Waals surface area contributed by atoms with E-state index in [1.54, 1.807) is 41.5 Å². The predicted octanol–water partition coefficient (Wildman–Crippen LogP) is 4.34. The third-order valence-corrected chi connectivity index (χ3v) is 10.4. The molecular weight excluding hydrogens is 546 g/mol. The number of carbonyl (C=O) groups excluding carboxylic acids is 2. The number of halogens is 2. The molecular formula is C26H32F2N6O5S. The summed E-state index contributed by atoms with van der Waals surface area (Å²) in [7, 11) is -3.09. The molecule has 0 saturated carbocycles. The van der Waals surface area contributed by atoms with E-state index in [4.69, 9.17) is 9.73 Å². The van der Waals surface area contributed by atoms with E-state index in [2.05, 4.69) is 29.7 Å². The molecule has 2 aromatic rings. The Morgan fingerprint density at radius 1 is 1.15 bits per heavy atom. The first kappa shape index (κ1) is 29.3. The Balaban J connectivity index is 1.73. The lowest BCUT2D eigenvalue weighted by Gasteiger charge is -2.44. The molecule has 3 atom stereocenters. The first-order valence-electron chi connectivity index (χ1n) is 12.6. The number of fused-ring (bicyclic) bond motifs is 1. The first-order chi connectivity index (χ1) is 18.6. The highest BCUT2D eigenvalue weighted by molar-refractivity contribution is 7.96. The molecule has 2 N–H and O–H groups in total. The van der Waals surface area contributed by atoms with Crippen LogP contribution in [0.4, 0.5) is 19.4 Å². The van der Waals surface area contributed by atoms with Crippen LogP contribution in [0.5, 0.6) is 5.75 Å². The van der Waals surface area contributed by atoms with E-state index in [1.165, 1.54) is 24.4 Å². The van der Waals surface area contributed by atoms with Crippen LogP contribution in [-0.2, 0) is 20.0 Å². The first-order valence-corrected chi connectivity index (χ1v) is 14.1. The molecule has 4 heterocycles. The molecule has 40 heavy (non-hydrogen) atoms. The Morgan fingerprint density at radius 2 is 1.88 bits per heavy atom. The van der Waals surface area contributed by atoms with Gasteiger partial charge in [0.25, 0.3) is 5.91 Å². The van der Waals surface area contributed by atoms with Crippen molar-refractivity contribution in [1.29, 1.82) is 0 Å². The van der Waals surface area contributed by atoms with Gasteiger partial charge in [0, 0.05) is 6.54 Å². The standard InChI is InChI=1S/C26H32F2N6O5S/c1-24(2,3)39-23(36)33-22-25(4,5)40(37)18(11-12-30-40)26(6,34-22)20-16(28)8-10-19(31-20)32-21(35)17-9-7-15(13-29-17)38-14-27/h7-10,13,18H,11-12,14H2,1-6H3,(H,31,32,35)(H,33,34,36)/t18-,26-,40+/m0/s1. The fourth-order valence-corrected chi connectivity index (χ4v) is 7.91. The van der Waals surface area contributed by atoms with Crippen LogP contribution in [0.15, 0.2) is 39.8 Å². The average molecular weight is 579 g/mol. The molecule has 2 amide bonds. The van der Waals surface area contributed by atoms with Crippen molar-refractivity contribution in [2.24, 2.45) is 9.36 Å². The molecule has 2 aliphatic heterocycles. The normalized spacial score (nSPS) is 25.2. The third kappa shape index (κ3) is 5.36. The van der Waals surface area contributed by atoms with Gasteiger partial charge >= 0.3 is 6.09 Å². The van der Waals surface area contributed by atoms with Crippen LogP contribution < -0.4 is 15.4 Å². The number of hydrogen-bond donors (Lipinski definition) is 2. The Bertz CT molecular complexity index is 1480. The summed E-state index contributed by atoms with van der Waals surface area (Å²) in [6, 6.07) is 5.11. The number of nitrogens with one attached hydrogen (secondary N) is 2. The molecule has 11 nitrogen and oxygen atoms in total. The van der Waals surface area contributed by atoms with Gasteiger partial charge in [-0.05, 0) is 72.2 Å². The summed E-state index contributed by atoms with van der Waals surface area (Å²) in [6.07, 6.45) is 0.749. The van der Waals surface area contributed by atoms with Crippen molar-refractivity contribution in [3.8, 4) is 5.75 Å². The lowest BCUT2D eigenvalue weighted by molar-refractivity contribution is 0.0560. The van der Waals surface area contributed by atoms with E-state index in [9.17, 15) is 18.2 Å². The van der Waals surface area contributed by atoms with Crippen molar-refractivity contribution in [2.45, 2.75) is 69.1 Å². The Morgan fingerprint density at radius 3 is 2.50 bits per heavy atom. The fourth-order valence-electron chi connectivity index (χ4n) is 4.74. The van der Waals surface area contributed by atoms with E-state index in [0.717, 1.165) is 6.07 Å². The van der Waals surface area contributed by atoms with Gasteiger partial charge in [-0.3, -0.25) is 15.1 Å². The summed E-state index contributed by atoms with van der Waals surface area (Å²) in [6.45, 7) is 9.27. The molecule has 0 saturated heterocycles. The lowest BCUT2D eigenvalue weighted by Crippen LogP contribution is -2.61. The summed E-state index contributed by atoms with van der Waals surface area (Å²) in [5, 5.41) is 4.45. The van der Waals surface area contributed by atoms with Crippen LogP contribution in [-0.4, -0.2) is 61.0 Å². The molecule has 0 aromatic carbocycles. The van der Waals surface area contributed by atoms with Gasteiger partial charge in [-0.15, -0.1) is 0 Å². The van der Waals surface area contributed by atoms with Gasteiger partial charge in [-0.1, -0.05) is 0 Å². The number of pyridine rings is 2. The van der Waals surface area contributed by atoms with Gasteiger partial charge in [0.2, 0.25) is 6.86 Å². The predicted molar refractivity (Wildman–Crippen MR) is 145 cm³/mol. The number of anilines is 1. The maximum absolute atomic E-state index is 15.4. The number of hydrogen-bond acceptors (Lipinski definition) is 9. The highest BCUT2D eigenvalue weighted by atomic mass is 32.2. The number of amides is 2. The van der Waals surface area contributed by atoms with E-state index in [0.29, 0.717) is 6.42 Å². The van der Waals surface area contributed by atoms with Gasteiger partial charge in [0.15, 0.2) is 0 Å². The second-order valence-corrected chi connectivity index (χ2v) is 14.0. The van der Waals surface area contributed by atoms with E-state index < -0.39 is 55.5 Å². The van der Waals surface area contributed by atoms with Crippen molar-refractivity contribution < 1.29 is 32.1 Å². The van der Waals surface area contributed by atoms with Gasteiger partial charge in [-0.2, -0.15) is 0 Å². The molecule has 216 valence electrons. The topological polar surface area (TPSA) is 144 Å². The summed E-state index contributed by atoms with van der Waals surface area (Å²) in [4.78, 5) is 38.5. The number of alkyl halides is 1. The largest absolute Gasteiger partial charge is 0.461 e. The number of amidine groups is 1. The number of ether oxygens (including phenoxy) is 2. The van der Waals surface area contributed by atoms with E-state index in [1.807, 2.05) is 0 Å². The molecule has 0 radical (unpaired) electrons. The minimum absolute atomic E-state index is 0.00312. The van der Waals surface area contributed by atoms with Crippen LogP contribution in [0.3, 0.4) is 0 Å².